The number of benzene rings is 2. The number of anilines is 3. The molecule has 9 nitrogen and oxygen atoms in total. The van der Waals surface area contributed by atoms with Crippen LogP contribution in [0.2, 0.25) is 0 Å². The lowest BCUT2D eigenvalue weighted by Gasteiger charge is -2.38. The number of hydrogen-bond acceptors (Lipinski definition) is 8. The predicted octanol–water partition coefficient (Wildman–Crippen LogP) is 4.32. The molecule has 0 spiro atoms. The van der Waals surface area contributed by atoms with Crippen LogP contribution in [0.5, 0.6) is 5.75 Å². The second-order valence-electron chi connectivity index (χ2n) is 9.57. The summed E-state index contributed by atoms with van der Waals surface area (Å²) >= 11 is 0. The molecule has 3 heterocycles. The van der Waals surface area contributed by atoms with Crippen LogP contribution in [-0.2, 0) is 6.54 Å². The Morgan fingerprint density at radius 3 is 2.55 bits per heavy atom. The molecular formula is C29H33N7O2. The maximum Gasteiger partial charge on any atom is 0.278 e. The van der Waals surface area contributed by atoms with Gasteiger partial charge in [-0.1, -0.05) is 36.4 Å². The van der Waals surface area contributed by atoms with E-state index in [1.54, 1.807) is 19.4 Å². The summed E-state index contributed by atoms with van der Waals surface area (Å²) in [5.74, 6) is 1.16. The lowest BCUT2D eigenvalue weighted by Crippen LogP contribution is -2.49. The molecule has 1 fully saturated rings. The van der Waals surface area contributed by atoms with E-state index in [-0.39, 0.29) is 5.56 Å². The minimum atomic E-state index is -0.255. The number of fused-ring (bicyclic) bond motifs is 1. The number of methoxy groups -OCH3 is 1. The van der Waals surface area contributed by atoms with Crippen molar-refractivity contribution in [2.45, 2.75) is 26.4 Å². The van der Waals surface area contributed by atoms with Crippen LogP contribution in [0.25, 0.3) is 22.2 Å². The van der Waals surface area contributed by atoms with Crippen molar-refractivity contribution in [3.05, 3.63) is 77.7 Å². The Kier molecular flexibility index (Phi) is 7.37. The Morgan fingerprint density at radius 2 is 1.87 bits per heavy atom. The van der Waals surface area contributed by atoms with Crippen LogP contribution in [0.3, 0.4) is 0 Å². The molecular weight excluding hydrogens is 478 g/mol. The zero-order valence-electron chi connectivity index (χ0n) is 22.1. The monoisotopic (exact) mass is 511 g/mol. The molecule has 2 aromatic carbocycles. The van der Waals surface area contributed by atoms with Gasteiger partial charge in [0.15, 0.2) is 0 Å². The fourth-order valence-electron chi connectivity index (χ4n) is 4.79. The third-order valence-electron chi connectivity index (χ3n) is 6.87. The Bertz CT molecular complexity index is 1490. The Labute approximate surface area is 222 Å². The molecule has 9 heteroatoms. The van der Waals surface area contributed by atoms with E-state index in [1.807, 2.05) is 42.5 Å². The first kappa shape index (κ1) is 25.4. The van der Waals surface area contributed by atoms with E-state index >= 15 is 0 Å². The standard InChI is InChI=1S/C29H33N7O2/c1-5-13-36-28(37)23-19-30-29(32-27(23)26(33-36)21-9-7-6-8-10-21)31-22-11-12-24(25(18-22)38-4)35-16-14-34(15-17-35)20(2)3/h5-12,18-20H,1,13-17H2,2-4H3,(H,30,31,32). The molecule has 0 aliphatic carbocycles. The third kappa shape index (κ3) is 5.10. The van der Waals surface area contributed by atoms with E-state index in [0.717, 1.165) is 48.9 Å². The van der Waals surface area contributed by atoms with Gasteiger partial charge in [-0.2, -0.15) is 5.10 Å². The van der Waals surface area contributed by atoms with E-state index in [1.165, 1.54) is 4.68 Å². The van der Waals surface area contributed by atoms with Gasteiger partial charge in [-0.25, -0.2) is 14.6 Å². The van der Waals surface area contributed by atoms with Gasteiger partial charge in [-0.15, -0.1) is 6.58 Å². The summed E-state index contributed by atoms with van der Waals surface area (Å²) < 4.78 is 7.14. The average molecular weight is 512 g/mol. The van der Waals surface area contributed by atoms with Crippen molar-refractivity contribution in [1.82, 2.24) is 24.6 Å². The van der Waals surface area contributed by atoms with Gasteiger partial charge >= 0.3 is 0 Å². The molecule has 38 heavy (non-hydrogen) atoms. The summed E-state index contributed by atoms with van der Waals surface area (Å²) in [5, 5.41) is 8.28. The molecule has 5 rings (SSSR count). The molecule has 1 aliphatic heterocycles. The topological polar surface area (TPSA) is 88.4 Å². The number of rotatable bonds is 8. The van der Waals surface area contributed by atoms with E-state index in [2.05, 4.69) is 51.7 Å². The quantitative estimate of drug-likeness (QED) is 0.350. The Morgan fingerprint density at radius 1 is 1.11 bits per heavy atom. The molecule has 0 bridgehead atoms. The Balaban J connectivity index is 1.46. The lowest BCUT2D eigenvalue weighted by atomic mass is 10.1. The van der Waals surface area contributed by atoms with Crippen LogP contribution in [0, 0.1) is 0 Å². The van der Waals surface area contributed by atoms with Gasteiger partial charge in [-0.05, 0) is 26.0 Å². The van der Waals surface area contributed by atoms with Crippen LogP contribution in [0.15, 0.2) is 72.2 Å². The van der Waals surface area contributed by atoms with Gasteiger partial charge in [0.1, 0.15) is 17.0 Å². The molecule has 196 valence electrons. The smallest absolute Gasteiger partial charge is 0.278 e. The van der Waals surface area contributed by atoms with Gasteiger partial charge in [0.25, 0.3) is 5.56 Å². The van der Waals surface area contributed by atoms with Gasteiger partial charge in [0, 0.05) is 55.7 Å². The van der Waals surface area contributed by atoms with Crippen LogP contribution < -0.4 is 20.5 Å². The van der Waals surface area contributed by atoms with E-state index in [9.17, 15) is 4.79 Å². The molecule has 1 aliphatic rings. The van der Waals surface area contributed by atoms with Crippen molar-refractivity contribution in [3.63, 3.8) is 0 Å². The maximum atomic E-state index is 13.0. The van der Waals surface area contributed by atoms with Crippen molar-refractivity contribution in [1.29, 1.82) is 0 Å². The summed E-state index contributed by atoms with van der Waals surface area (Å²) in [4.78, 5) is 27.0. The summed E-state index contributed by atoms with van der Waals surface area (Å²) in [6.45, 7) is 12.5. The molecule has 1 saturated heterocycles. The normalized spacial score (nSPS) is 14.2. The highest BCUT2D eigenvalue weighted by Gasteiger charge is 2.21. The molecule has 2 aromatic heterocycles. The van der Waals surface area contributed by atoms with Crippen molar-refractivity contribution in [2.24, 2.45) is 0 Å². The molecule has 0 radical (unpaired) electrons. The largest absolute Gasteiger partial charge is 0.495 e. The molecule has 4 aromatic rings. The zero-order valence-corrected chi connectivity index (χ0v) is 22.1. The first-order valence-electron chi connectivity index (χ1n) is 12.9. The first-order valence-corrected chi connectivity index (χ1v) is 12.9. The molecule has 0 atom stereocenters. The Hall–Kier alpha value is -4.24. The second kappa shape index (κ2) is 11.0. The van der Waals surface area contributed by atoms with Gasteiger partial charge in [-0.3, -0.25) is 9.69 Å². The summed E-state index contributed by atoms with van der Waals surface area (Å²) in [7, 11) is 1.69. The van der Waals surface area contributed by atoms with Crippen LogP contribution in [-0.4, -0.2) is 64.0 Å². The van der Waals surface area contributed by atoms with Crippen molar-refractivity contribution in [2.75, 3.05) is 43.5 Å². The van der Waals surface area contributed by atoms with Gasteiger partial charge in [0.2, 0.25) is 5.95 Å². The van der Waals surface area contributed by atoms with E-state index in [0.29, 0.717) is 35.1 Å². The van der Waals surface area contributed by atoms with E-state index < -0.39 is 0 Å². The highest BCUT2D eigenvalue weighted by Crippen LogP contribution is 2.33. The van der Waals surface area contributed by atoms with Crippen LogP contribution >= 0.6 is 0 Å². The summed E-state index contributed by atoms with van der Waals surface area (Å²) in [6.07, 6.45) is 3.20. The summed E-state index contributed by atoms with van der Waals surface area (Å²) in [6, 6.07) is 16.3. The average Bonchev–Trinajstić information content (AvgIpc) is 2.95. The number of nitrogens with zero attached hydrogens (tertiary/aromatic N) is 6. The highest BCUT2D eigenvalue weighted by molar-refractivity contribution is 5.90. The molecule has 1 N–H and O–H groups in total. The number of allylic oxidation sites excluding steroid dienone is 1. The summed E-state index contributed by atoms with van der Waals surface area (Å²) in [5.41, 5.74) is 3.57. The zero-order chi connectivity index (χ0) is 26.6. The first-order chi connectivity index (χ1) is 18.5. The van der Waals surface area contributed by atoms with Crippen LogP contribution in [0.4, 0.5) is 17.3 Å². The highest BCUT2D eigenvalue weighted by atomic mass is 16.5. The lowest BCUT2D eigenvalue weighted by molar-refractivity contribution is 0.209. The fraction of sp³-hybridized carbons (Fsp3) is 0.310. The number of hydrogen-bond donors (Lipinski definition) is 1. The van der Waals surface area contributed by atoms with Gasteiger partial charge in [0.05, 0.1) is 24.7 Å². The maximum absolute atomic E-state index is 13.0. The SMILES string of the molecule is C=CCn1nc(-c2ccccc2)c2nc(Nc3ccc(N4CCN(C(C)C)CC4)c(OC)c3)ncc2c1=O. The van der Waals surface area contributed by atoms with Gasteiger partial charge < -0.3 is 15.0 Å². The number of nitrogens with one attached hydrogen (secondary N) is 1. The van der Waals surface area contributed by atoms with Crippen molar-refractivity contribution < 1.29 is 4.74 Å². The predicted molar refractivity (Wildman–Crippen MR) is 152 cm³/mol. The molecule has 0 unspecified atom stereocenters. The van der Waals surface area contributed by atoms with Crippen molar-refractivity contribution >= 4 is 28.2 Å². The molecule has 0 amide bonds. The number of aromatic nitrogens is 4. The molecule has 0 saturated carbocycles. The number of ether oxygens (including phenoxy) is 1. The fourth-order valence-corrected chi connectivity index (χ4v) is 4.79. The van der Waals surface area contributed by atoms with E-state index in [4.69, 9.17) is 9.72 Å². The van der Waals surface area contributed by atoms with Crippen LogP contribution in [0.1, 0.15) is 13.8 Å². The minimum Gasteiger partial charge on any atom is -0.495 e. The van der Waals surface area contributed by atoms with Crippen molar-refractivity contribution in [3.8, 4) is 17.0 Å². The third-order valence-corrected chi connectivity index (χ3v) is 6.87. The second-order valence-corrected chi connectivity index (χ2v) is 9.57. The number of piperazine rings is 1. The minimum absolute atomic E-state index is 0.255.